The molecule has 2 aliphatic heterocycles. The number of carbonyl (C=O) groups excluding carboxylic acids is 1. The minimum Gasteiger partial charge on any atom is -0.445 e. The molecule has 1 aromatic rings. The second-order valence-electron chi connectivity index (χ2n) is 6.41. The van der Waals surface area contributed by atoms with Crippen molar-refractivity contribution in [1.29, 1.82) is 0 Å². The standard InChI is InChI=1S/C18H27N3O3/c22-18(24-14-15-4-2-1-3-5-15)21-10-11-23-17(13-21)12-20-16-6-8-19-9-7-16/h1-5,16-17,19-20H,6-14H2. The molecule has 1 unspecified atom stereocenters. The first kappa shape index (κ1) is 17.2. The van der Waals surface area contributed by atoms with Crippen LogP contribution in [0.25, 0.3) is 0 Å². The predicted octanol–water partition coefficient (Wildman–Crippen LogP) is 1.37. The molecule has 2 N–H and O–H groups in total. The molecule has 0 aromatic heterocycles. The van der Waals surface area contributed by atoms with Crippen molar-refractivity contribution in [3.63, 3.8) is 0 Å². The molecule has 2 heterocycles. The third-order valence-electron chi connectivity index (χ3n) is 4.58. The first-order valence-corrected chi connectivity index (χ1v) is 8.82. The topological polar surface area (TPSA) is 62.8 Å². The summed E-state index contributed by atoms with van der Waals surface area (Å²) in [5.41, 5.74) is 1.00. The van der Waals surface area contributed by atoms with Crippen molar-refractivity contribution >= 4 is 6.09 Å². The van der Waals surface area contributed by atoms with Gasteiger partial charge in [-0.3, -0.25) is 0 Å². The van der Waals surface area contributed by atoms with Crippen molar-refractivity contribution in [3.05, 3.63) is 35.9 Å². The number of rotatable bonds is 5. The molecule has 24 heavy (non-hydrogen) atoms. The average Bonchev–Trinajstić information content (AvgIpc) is 2.66. The van der Waals surface area contributed by atoms with Crippen LogP contribution in [0, 0.1) is 0 Å². The Hall–Kier alpha value is -1.63. The minimum atomic E-state index is -0.256. The second-order valence-corrected chi connectivity index (χ2v) is 6.41. The monoisotopic (exact) mass is 333 g/mol. The van der Waals surface area contributed by atoms with Crippen molar-refractivity contribution in [1.82, 2.24) is 15.5 Å². The van der Waals surface area contributed by atoms with E-state index in [0.717, 1.165) is 38.0 Å². The van der Waals surface area contributed by atoms with Crippen molar-refractivity contribution in [2.24, 2.45) is 0 Å². The van der Waals surface area contributed by atoms with Crippen molar-refractivity contribution in [2.45, 2.75) is 31.6 Å². The molecule has 1 aromatic carbocycles. The number of nitrogens with zero attached hydrogens (tertiary/aromatic N) is 1. The Kier molecular flexibility index (Phi) is 6.46. The fraction of sp³-hybridized carbons (Fsp3) is 0.611. The number of nitrogens with one attached hydrogen (secondary N) is 2. The van der Waals surface area contributed by atoms with E-state index in [9.17, 15) is 4.79 Å². The molecule has 0 spiro atoms. The molecule has 1 amide bonds. The molecule has 0 saturated carbocycles. The summed E-state index contributed by atoms with van der Waals surface area (Å²) >= 11 is 0. The largest absolute Gasteiger partial charge is 0.445 e. The van der Waals surface area contributed by atoms with Crippen LogP contribution in [0.2, 0.25) is 0 Å². The summed E-state index contributed by atoms with van der Waals surface area (Å²) in [6.45, 7) is 4.99. The zero-order valence-electron chi connectivity index (χ0n) is 14.1. The van der Waals surface area contributed by atoms with Gasteiger partial charge in [-0.2, -0.15) is 0 Å². The van der Waals surface area contributed by atoms with Crippen LogP contribution >= 0.6 is 0 Å². The summed E-state index contributed by atoms with van der Waals surface area (Å²) < 4.78 is 11.2. The average molecular weight is 333 g/mol. The Morgan fingerprint density at radius 3 is 2.88 bits per heavy atom. The molecular formula is C18H27N3O3. The lowest BCUT2D eigenvalue weighted by atomic mass is 10.1. The normalized spacial score (nSPS) is 22.3. The van der Waals surface area contributed by atoms with Crippen LogP contribution in [0.5, 0.6) is 0 Å². The van der Waals surface area contributed by atoms with Crippen molar-refractivity contribution in [2.75, 3.05) is 39.3 Å². The quantitative estimate of drug-likeness (QED) is 0.852. The molecule has 132 valence electrons. The molecule has 1 atom stereocenters. The summed E-state index contributed by atoms with van der Waals surface area (Å²) in [5, 5.41) is 6.93. The molecule has 6 heteroatoms. The molecule has 0 radical (unpaired) electrons. The molecular weight excluding hydrogens is 306 g/mol. The molecule has 0 bridgehead atoms. The lowest BCUT2D eigenvalue weighted by Crippen LogP contribution is -2.51. The van der Waals surface area contributed by atoms with Gasteiger partial charge in [0.25, 0.3) is 0 Å². The fourth-order valence-electron chi connectivity index (χ4n) is 3.14. The smallest absolute Gasteiger partial charge is 0.410 e. The van der Waals surface area contributed by atoms with Crippen molar-refractivity contribution in [3.8, 4) is 0 Å². The van der Waals surface area contributed by atoms with E-state index >= 15 is 0 Å². The van der Waals surface area contributed by atoms with E-state index in [-0.39, 0.29) is 12.2 Å². The molecule has 2 saturated heterocycles. The predicted molar refractivity (Wildman–Crippen MR) is 91.8 cm³/mol. The third kappa shape index (κ3) is 5.19. The van der Waals surface area contributed by atoms with Gasteiger partial charge in [-0.15, -0.1) is 0 Å². The maximum Gasteiger partial charge on any atom is 0.410 e. The van der Waals surface area contributed by atoms with Gasteiger partial charge in [-0.1, -0.05) is 30.3 Å². The highest BCUT2D eigenvalue weighted by molar-refractivity contribution is 5.67. The maximum atomic E-state index is 12.2. The van der Waals surface area contributed by atoms with E-state index in [1.54, 1.807) is 4.90 Å². The minimum absolute atomic E-state index is 0.0397. The number of benzene rings is 1. The first-order chi connectivity index (χ1) is 11.8. The Balaban J connectivity index is 1.40. The summed E-state index contributed by atoms with van der Waals surface area (Å²) in [5.74, 6) is 0. The van der Waals surface area contributed by atoms with Gasteiger partial charge in [0.05, 0.1) is 19.3 Å². The number of hydrogen-bond donors (Lipinski definition) is 2. The van der Waals surface area contributed by atoms with Gasteiger partial charge in [-0.25, -0.2) is 4.79 Å². The van der Waals surface area contributed by atoms with Gasteiger partial charge in [0, 0.05) is 19.1 Å². The highest BCUT2D eigenvalue weighted by Gasteiger charge is 2.26. The van der Waals surface area contributed by atoms with Crippen LogP contribution < -0.4 is 10.6 Å². The van der Waals surface area contributed by atoms with Crippen LogP contribution in [0.4, 0.5) is 4.79 Å². The number of amides is 1. The van der Waals surface area contributed by atoms with Gasteiger partial charge in [0.1, 0.15) is 6.61 Å². The number of carbonyl (C=O) groups is 1. The van der Waals surface area contributed by atoms with Crippen molar-refractivity contribution < 1.29 is 14.3 Å². The van der Waals surface area contributed by atoms with Gasteiger partial charge >= 0.3 is 6.09 Å². The van der Waals surface area contributed by atoms with Crippen LogP contribution in [-0.2, 0) is 16.1 Å². The van der Waals surface area contributed by atoms with Crippen LogP contribution in [0.1, 0.15) is 18.4 Å². The van der Waals surface area contributed by atoms with Gasteiger partial charge < -0.3 is 25.0 Å². The molecule has 2 fully saturated rings. The zero-order valence-corrected chi connectivity index (χ0v) is 14.1. The summed E-state index contributed by atoms with van der Waals surface area (Å²) in [7, 11) is 0. The van der Waals surface area contributed by atoms with Crippen LogP contribution in [-0.4, -0.2) is 62.5 Å². The van der Waals surface area contributed by atoms with E-state index < -0.39 is 0 Å². The zero-order chi connectivity index (χ0) is 16.6. The Morgan fingerprint density at radius 2 is 2.08 bits per heavy atom. The molecule has 3 rings (SSSR count). The summed E-state index contributed by atoms with van der Waals surface area (Å²) in [4.78, 5) is 14.0. The number of ether oxygens (including phenoxy) is 2. The molecule has 6 nitrogen and oxygen atoms in total. The van der Waals surface area contributed by atoms with E-state index in [0.29, 0.717) is 32.3 Å². The Bertz CT molecular complexity index is 505. The lowest BCUT2D eigenvalue weighted by Gasteiger charge is -2.33. The van der Waals surface area contributed by atoms with E-state index in [4.69, 9.17) is 9.47 Å². The fourth-order valence-corrected chi connectivity index (χ4v) is 3.14. The first-order valence-electron chi connectivity index (χ1n) is 8.82. The van der Waals surface area contributed by atoms with Crippen LogP contribution in [0.15, 0.2) is 30.3 Å². The third-order valence-corrected chi connectivity index (χ3v) is 4.58. The number of morpholine rings is 1. The molecule has 0 aliphatic carbocycles. The maximum absolute atomic E-state index is 12.2. The second kappa shape index (κ2) is 9.01. The Morgan fingerprint density at radius 1 is 1.29 bits per heavy atom. The van der Waals surface area contributed by atoms with Gasteiger partial charge in [0.15, 0.2) is 0 Å². The van der Waals surface area contributed by atoms with Crippen LogP contribution in [0.3, 0.4) is 0 Å². The molecule has 2 aliphatic rings. The highest BCUT2D eigenvalue weighted by Crippen LogP contribution is 2.10. The summed E-state index contributed by atoms with van der Waals surface area (Å²) in [6.07, 6.45) is 2.08. The number of piperidine rings is 1. The van der Waals surface area contributed by atoms with Gasteiger partial charge in [-0.05, 0) is 31.5 Å². The number of hydrogen-bond acceptors (Lipinski definition) is 5. The lowest BCUT2D eigenvalue weighted by molar-refractivity contribution is -0.0282. The van der Waals surface area contributed by atoms with E-state index in [1.807, 2.05) is 30.3 Å². The highest BCUT2D eigenvalue weighted by atomic mass is 16.6. The van der Waals surface area contributed by atoms with E-state index in [1.165, 1.54) is 0 Å². The van der Waals surface area contributed by atoms with E-state index in [2.05, 4.69) is 10.6 Å². The summed E-state index contributed by atoms with van der Waals surface area (Å²) in [6, 6.07) is 10.3. The SMILES string of the molecule is O=C(OCc1ccccc1)N1CCOC(CNC2CCNCC2)C1. The van der Waals surface area contributed by atoms with Gasteiger partial charge in [0.2, 0.25) is 0 Å². The Labute approximate surface area is 143 Å².